The second-order valence-electron chi connectivity index (χ2n) is 4.67. The van der Waals surface area contributed by atoms with Gasteiger partial charge in [0.1, 0.15) is 0 Å². The third-order valence-electron chi connectivity index (χ3n) is 2.93. The Morgan fingerprint density at radius 2 is 2.00 bits per heavy atom. The number of hydrogen-bond acceptors (Lipinski definition) is 1. The molecule has 108 valence electrons. The molecule has 0 aliphatic rings. The minimum atomic E-state index is -0.227. The van der Waals surface area contributed by atoms with Crippen LogP contribution < -0.4 is 10.6 Å². The van der Waals surface area contributed by atoms with Crippen LogP contribution >= 0.6 is 15.9 Å². The molecule has 0 radical (unpaired) electrons. The molecule has 0 saturated carbocycles. The lowest BCUT2D eigenvalue weighted by Crippen LogP contribution is -2.31. The fraction of sp³-hybridized carbons (Fsp3) is 0.118. The third kappa shape index (κ3) is 5.08. The molecule has 4 heteroatoms. The second kappa shape index (κ2) is 7.64. The molecule has 0 fully saturated rings. The number of halogens is 1. The average molecular weight is 345 g/mol. The molecule has 0 unspecified atom stereocenters. The molecular formula is C17H17BrN2O. The highest BCUT2D eigenvalue weighted by Crippen LogP contribution is 2.15. The normalized spacial score (nSPS) is 10.6. The van der Waals surface area contributed by atoms with Crippen LogP contribution in [-0.2, 0) is 6.54 Å². The van der Waals surface area contributed by atoms with E-state index in [1.54, 1.807) is 6.20 Å². The van der Waals surface area contributed by atoms with Gasteiger partial charge in [0, 0.05) is 17.2 Å². The lowest BCUT2D eigenvalue weighted by Gasteiger charge is -2.06. The first-order valence-corrected chi connectivity index (χ1v) is 7.45. The van der Waals surface area contributed by atoms with Crippen molar-refractivity contribution in [2.45, 2.75) is 13.5 Å². The molecule has 0 aliphatic heterocycles. The van der Waals surface area contributed by atoms with Crippen molar-refractivity contribution in [1.82, 2.24) is 10.6 Å². The number of aryl methyl sites for hydroxylation is 1. The molecule has 2 aromatic carbocycles. The van der Waals surface area contributed by atoms with Gasteiger partial charge in [0.15, 0.2) is 0 Å². The van der Waals surface area contributed by atoms with Crippen LogP contribution in [0.1, 0.15) is 16.7 Å². The van der Waals surface area contributed by atoms with E-state index in [2.05, 4.69) is 32.6 Å². The summed E-state index contributed by atoms with van der Waals surface area (Å²) in [4.78, 5) is 11.7. The van der Waals surface area contributed by atoms with E-state index in [9.17, 15) is 4.79 Å². The average Bonchev–Trinajstić information content (AvgIpc) is 2.46. The SMILES string of the molecule is Cc1cccc(/C=C/NC(=O)NCc2ccccc2Br)c1. The zero-order chi connectivity index (χ0) is 15.1. The van der Waals surface area contributed by atoms with E-state index >= 15 is 0 Å². The summed E-state index contributed by atoms with van der Waals surface area (Å²) in [5, 5.41) is 5.50. The van der Waals surface area contributed by atoms with Gasteiger partial charge in [-0.15, -0.1) is 0 Å². The van der Waals surface area contributed by atoms with Gasteiger partial charge in [0.05, 0.1) is 0 Å². The van der Waals surface area contributed by atoms with Crippen LogP contribution in [0.2, 0.25) is 0 Å². The number of benzene rings is 2. The summed E-state index contributed by atoms with van der Waals surface area (Å²) in [7, 11) is 0. The molecule has 0 aromatic heterocycles. The highest BCUT2D eigenvalue weighted by molar-refractivity contribution is 9.10. The maximum atomic E-state index is 11.7. The predicted molar refractivity (Wildman–Crippen MR) is 89.7 cm³/mol. The van der Waals surface area contributed by atoms with Crippen LogP contribution in [0.25, 0.3) is 6.08 Å². The number of rotatable bonds is 4. The van der Waals surface area contributed by atoms with Crippen molar-refractivity contribution in [3.63, 3.8) is 0 Å². The van der Waals surface area contributed by atoms with E-state index in [0.717, 1.165) is 15.6 Å². The highest BCUT2D eigenvalue weighted by atomic mass is 79.9. The van der Waals surface area contributed by atoms with Crippen LogP contribution in [0.15, 0.2) is 59.2 Å². The van der Waals surface area contributed by atoms with Gasteiger partial charge < -0.3 is 10.6 Å². The molecule has 2 N–H and O–H groups in total. The van der Waals surface area contributed by atoms with Crippen molar-refractivity contribution in [1.29, 1.82) is 0 Å². The van der Waals surface area contributed by atoms with E-state index in [1.807, 2.05) is 55.5 Å². The van der Waals surface area contributed by atoms with Crippen LogP contribution in [0.5, 0.6) is 0 Å². The van der Waals surface area contributed by atoms with Crippen molar-refractivity contribution in [2.24, 2.45) is 0 Å². The third-order valence-corrected chi connectivity index (χ3v) is 3.70. The molecule has 0 atom stereocenters. The molecule has 0 aliphatic carbocycles. The first-order valence-electron chi connectivity index (χ1n) is 6.66. The standard InChI is InChI=1S/C17H17BrN2O/c1-13-5-4-6-14(11-13)9-10-19-17(21)20-12-15-7-2-3-8-16(15)18/h2-11H,12H2,1H3,(H2,19,20,21)/b10-9+. The maximum Gasteiger partial charge on any atom is 0.319 e. The Morgan fingerprint density at radius 3 is 2.76 bits per heavy atom. The zero-order valence-electron chi connectivity index (χ0n) is 11.8. The molecule has 0 spiro atoms. The summed E-state index contributed by atoms with van der Waals surface area (Å²) in [6, 6.07) is 15.6. The van der Waals surface area contributed by atoms with Crippen LogP contribution in [-0.4, -0.2) is 6.03 Å². The minimum Gasteiger partial charge on any atom is -0.334 e. The van der Waals surface area contributed by atoms with E-state index in [0.29, 0.717) is 6.54 Å². The van der Waals surface area contributed by atoms with Gasteiger partial charge in [-0.05, 0) is 30.2 Å². The molecule has 0 heterocycles. The molecule has 3 nitrogen and oxygen atoms in total. The first-order chi connectivity index (χ1) is 10.1. The summed E-state index contributed by atoms with van der Waals surface area (Å²) in [5.74, 6) is 0. The quantitative estimate of drug-likeness (QED) is 0.856. The molecule has 0 bridgehead atoms. The van der Waals surface area contributed by atoms with Crippen molar-refractivity contribution in [3.8, 4) is 0 Å². The number of carbonyl (C=O) groups excluding carboxylic acids is 1. The summed E-state index contributed by atoms with van der Waals surface area (Å²) in [5.41, 5.74) is 3.28. The van der Waals surface area contributed by atoms with Gasteiger partial charge >= 0.3 is 6.03 Å². The Balaban J connectivity index is 1.81. The Kier molecular flexibility index (Phi) is 5.58. The summed E-state index contributed by atoms with van der Waals surface area (Å²) in [6.07, 6.45) is 3.51. The minimum absolute atomic E-state index is 0.227. The van der Waals surface area contributed by atoms with E-state index < -0.39 is 0 Å². The summed E-state index contributed by atoms with van der Waals surface area (Å²) >= 11 is 3.45. The monoisotopic (exact) mass is 344 g/mol. The number of nitrogens with one attached hydrogen (secondary N) is 2. The number of carbonyl (C=O) groups is 1. The van der Waals surface area contributed by atoms with Gasteiger partial charge in [0.25, 0.3) is 0 Å². The van der Waals surface area contributed by atoms with Crippen molar-refractivity contribution >= 4 is 28.0 Å². The highest BCUT2D eigenvalue weighted by Gasteiger charge is 2.00. The smallest absolute Gasteiger partial charge is 0.319 e. The van der Waals surface area contributed by atoms with Crippen molar-refractivity contribution < 1.29 is 4.79 Å². The van der Waals surface area contributed by atoms with Gasteiger partial charge in [-0.2, -0.15) is 0 Å². The van der Waals surface area contributed by atoms with E-state index in [1.165, 1.54) is 5.56 Å². The van der Waals surface area contributed by atoms with Gasteiger partial charge in [-0.3, -0.25) is 0 Å². The zero-order valence-corrected chi connectivity index (χ0v) is 13.4. The molecular weight excluding hydrogens is 328 g/mol. The fourth-order valence-corrected chi connectivity index (χ4v) is 2.28. The largest absolute Gasteiger partial charge is 0.334 e. The Labute approximate surface area is 133 Å². The summed E-state index contributed by atoms with van der Waals surface area (Å²) < 4.78 is 0.987. The number of urea groups is 1. The maximum absolute atomic E-state index is 11.7. The van der Waals surface area contributed by atoms with Gasteiger partial charge in [-0.1, -0.05) is 64.0 Å². The predicted octanol–water partition coefficient (Wildman–Crippen LogP) is 4.23. The molecule has 2 aromatic rings. The van der Waals surface area contributed by atoms with Crippen molar-refractivity contribution in [3.05, 3.63) is 75.9 Å². The second-order valence-corrected chi connectivity index (χ2v) is 5.52. The number of amides is 2. The topological polar surface area (TPSA) is 41.1 Å². The van der Waals surface area contributed by atoms with Gasteiger partial charge in [0.2, 0.25) is 0 Å². The Bertz CT molecular complexity index is 653. The van der Waals surface area contributed by atoms with Gasteiger partial charge in [-0.25, -0.2) is 4.79 Å². The van der Waals surface area contributed by atoms with E-state index in [-0.39, 0.29) is 6.03 Å². The van der Waals surface area contributed by atoms with Crippen LogP contribution in [0, 0.1) is 6.92 Å². The molecule has 2 rings (SSSR count). The Hall–Kier alpha value is -2.07. The van der Waals surface area contributed by atoms with Crippen LogP contribution in [0.4, 0.5) is 4.79 Å². The lowest BCUT2D eigenvalue weighted by molar-refractivity contribution is 0.244. The first kappa shape index (κ1) is 15.3. The summed E-state index contributed by atoms with van der Waals surface area (Å²) in [6.45, 7) is 2.51. The fourth-order valence-electron chi connectivity index (χ4n) is 1.86. The molecule has 21 heavy (non-hydrogen) atoms. The molecule has 0 saturated heterocycles. The lowest BCUT2D eigenvalue weighted by atomic mass is 10.1. The molecule has 2 amide bonds. The number of hydrogen-bond donors (Lipinski definition) is 2. The van der Waals surface area contributed by atoms with Crippen LogP contribution in [0.3, 0.4) is 0 Å². The van der Waals surface area contributed by atoms with Crippen molar-refractivity contribution in [2.75, 3.05) is 0 Å². The van der Waals surface area contributed by atoms with E-state index in [4.69, 9.17) is 0 Å². The Morgan fingerprint density at radius 1 is 1.19 bits per heavy atom.